The number of ether oxygens (including phenoxy) is 3. The summed E-state index contributed by atoms with van der Waals surface area (Å²) in [6.45, 7) is 5.61. The van der Waals surface area contributed by atoms with Crippen LogP contribution in [0.5, 0.6) is 0 Å². The monoisotopic (exact) mass is 1010 g/mol. The van der Waals surface area contributed by atoms with E-state index in [2.05, 4.69) is 99.0 Å². The molecule has 0 radical (unpaired) electrons. The van der Waals surface area contributed by atoms with Crippen molar-refractivity contribution in [1.82, 2.24) is 5.32 Å². The molecule has 11 heteroatoms. The van der Waals surface area contributed by atoms with Gasteiger partial charge in [0.2, 0.25) is 5.91 Å². The molecule has 1 rings (SSSR count). The number of carbonyl (C=O) groups is 2. The number of hydrogen-bond donors (Lipinski definition) is 6. The molecule has 8 atom stereocenters. The first-order valence-electron chi connectivity index (χ1n) is 28.9. The van der Waals surface area contributed by atoms with Crippen molar-refractivity contribution in [3.63, 3.8) is 0 Å². The number of aliphatic hydroxyl groups is 5. The van der Waals surface area contributed by atoms with Crippen molar-refractivity contribution >= 4 is 11.9 Å². The molecule has 0 aromatic carbocycles. The lowest BCUT2D eigenvalue weighted by Crippen LogP contribution is -2.61. The fourth-order valence-corrected chi connectivity index (χ4v) is 8.48. The van der Waals surface area contributed by atoms with E-state index in [1.807, 2.05) is 6.08 Å². The molecule has 1 heterocycles. The highest BCUT2D eigenvalue weighted by Crippen LogP contribution is 2.26. The average molecular weight is 1010 g/mol. The Morgan fingerprint density at radius 1 is 0.556 bits per heavy atom. The van der Waals surface area contributed by atoms with Crippen molar-refractivity contribution in [2.45, 2.75) is 275 Å². The van der Waals surface area contributed by atoms with Gasteiger partial charge in [-0.05, 0) is 77.0 Å². The summed E-state index contributed by atoms with van der Waals surface area (Å²) in [6.07, 6.45) is 52.0. The van der Waals surface area contributed by atoms with Crippen LogP contribution in [-0.2, 0) is 23.8 Å². The third-order valence-corrected chi connectivity index (χ3v) is 13.1. The second-order valence-electron chi connectivity index (χ2n) is 19.6. The van der Waals surface area contributed by atoms with Gasteiger partial charge in [-0.25, -0.2) is 0 Å². The number of nitrogens with one attached hydrogen (secondary N) is 1. The van der Waals surface area contributed by atoms with Crippen LogP contribution >= 0.6 is 0 Å². The summed E-state index contributed by atoms with van der Waals surface area (Å²) in [5.74, 6) is -1.24. The fourth-order valence-electron chi connectivity index (χ4n) is 8.48. The van der Waals surface area contributed by atoms with Crippen LogP contribution in [0.3, 0.4) is 0 Å². The summed E-state index contributed by atoms with van der Waals surface area (Å²) in [5.41, 5.74) is 0. The number of carbonyl (C=O) groups excluding carboxylic acids is 2. The van der Waals surface area contributed by atoms with Gasteiger partial charge in [-0.3, -0.25) is 9.59 Å². The second kappa shape index (κ2) is 48.8. The van der Waals surface area contributed by atoms with Gasteiger partial charge in [0.15, 0.2) is 12.4 Å². The van der Waals surface area contributed by atoms with Crippen LogP contribution in [0, 0.1) is 0 Å². The minimum atomic E-state index is -1.63. The van der Waals surface area contributed by atoms with Crippen LogP contribution in [-0.4, -0.2) is 99.6 Å². The first kappa shape index (κ1) is 66.9. The molecule has 8 unspecified atom stereocenters. The Morgan fingerprint density at radius 2 is 1.00 bits per heavy atom. The molecular weight excluding hydrogens is 907 g/mol. The number of amides is 1. The van der Waals surface area contributed by atoms with E-state index in [4.69, 9.17) is 14.2 Å². The molecule has 1 fully saturated rings. The van der Waals surface area contributed by atoms with Crippen LogP contribution in [0.1, 0.15) is 226 Å². The average Bonchev–Trinajstić information content (AvgIpc) is 3.38. The van der Waals surface area contributed by atoms with Crippen molar-refractivity contribution in [2.75, 3.05) is 13.2 Å². The van der Waals surface area contributed by atoms with Crippen molar-refractivity contribution < 1.29 is 49.3 Å². The minimum absolute atomic E-state index is 0.0657. The van der Waals surface area contributed by atoms with E-state index in [-0.39, 0.29) is 19.4 Å². The molecule has 0 saturated carbocycles. The zero-order valence-electron chi connectivity index (χ0n) is 45.5. The Kier molecular flexibility index (Phi) is 45.3. The van der Waals surface area contributed by atoms with E-state index in [0.29, 0.717) is 12.8 Å². The molecule has 0 aliphatic carbocycles. The molecule has 0 aromatic heterocycles. The van der Waals surface area contributed by atoms with Gasteiger partial charge in [-0.1, -0.05) is 228 Å². The van der Waals surface area contributed by atoms with Gasteiger partial charge >= 0.3 is 5.97 Å². The number of esters is 1. The zero-order valence-corrected chi connectivity index (χ0v) is 45.5. The molecule has 0 spiro atoms. The molecule has 414 valence electrons. The summed E-state index contributed by atoms with van der Waals surface area (Å²) >= 11 is 0. The molecule has 1 saturated heterocycles. The first-order chi connectivity index (χ1) is 35.2. The van der Waals surface area contributed by atoms with Crippen molar-refractivity contribution in [2.24, 2.45) is 0 Å². The van der Waals surface area contributed by atoms with E-state index in [1.165, 1.54) is 89.9 Å². The van der Waals surface area contributed by atoms with Gasteiger partial charge in [0.25, 0.3) is 0 Å². The maximum atomic E-state index is 13.3. The smallest absolute Gasteiger partial charge is 0.306 e. The van der Waals surface area contributed by atoms with Crippen LogP contribution in [0.15, 0.2) is 85.1 Å². The molecule has 72 heavy (non-hydrogen) atoms. The van der Waals surface area contributed by atoms with Gasteiger partial charge in [0.1, 0.15) is 24.4 Å². The summed E-state index contributed by atoms with van der Waals surface area (Å²) in [4.78, 5) is 26.4. The Balaban J connectivity index is 2.72. The molecular formula is C61H105NO10. The predicted molar refractivity (Wildman–Crippen MR) is 296 cm³/mol. The maximum Gasteiger partial charge on any atom is 0.306 e. The van der Waals surface area contributed by atoms with Gasteiger partial charge < -0.3 is 45.1 Å². The highest BCUT2D eigenvalue weighted by atomic mass is 16.7. The van der Waals surface area contributed by atoms with Crippen molar-refractivity contribution in [3.05, 3.63) is 85.1 Å². The Hall–Kier alpha value is -3.16. The number of unbranched alkanes of at least 4 members (excludes halogenated alkanes) is 21. The molecule has 1 aliphatic heterocycles. The topological polar surface area (TPSA) is 175 Å². The molecule has 0 aromatic rings. The largest absolute Gasteiger partial charge is 0.454 e. The summed E-state index contributed by atoms with van der Waals surface area (Å²) in [5, 5.41) is 56.7. The van der Waals surface area contributed by atoms with Crippen LogP contribution in [0.2, 0.25) is 0 Å². The van der Waals surface area contributed by atoms with Gasteiger partial charge in [0.05, 0.1) is 25.4 Å². The Morgan fingerprint density at radius 3 is 1.50 bits per heavy atom. The SMILES string of the molecule is CC/C=C\C/C=C\C/C=C\C/C=C\C/C=C\C/C=C\CCCCC(=O)OC1C(OCC(NC(=O)C(O)CCCCCCCCCCCC)C(O)/C=C/CCCCCCCCCCCC)OC(CO)C(O)C1O. The Labute approximate surface area is 438 Å². The van der Waals surface area contributed by atoms with Crippen LogP contribution < -0.4 is 5.32 Å². The van der Waals surface area contributed by atoms with Crippen LogP contribution in [0.4, 0.5) is 0 Å². The summed E-state index contributed by atoms with van der Waals surface area (Å²) in [6, 6.07) is -1.03. The quantitative estimate of drug-likeness (QED) is 0.0196. The Bertz CT molecular complexity index is 1490. The summed E-state index contributed by atoms with van der Waals surface area (Å²) < 4.78 is 17.5. The van der Waals surface area contributed by atoms with Crippen LogP contribution in [0.25, 0.3) is 0 Å². The van der Waals surface area contributed by atoms with E-state index >= 15 is 0 Å². The second-order valence-corrected chi connectivity index (χ2v) is 19.6. The molecule has 6 N–H and O–H groups in total. The van der Waals surface area contributed by atoms with E-state index in [0.717, 1.165) is 89.9 Å². The zero-order chi connectivity index (χ0) is 52.5. The third kappa shape index (κ3) is 36.7. The fraction of sp³-hybridized carbons (Fsp3) is 0.738. The number of hydrogen-bond acceptors (Lipinski definition) is 10. The van der Waals surface area contributed by atoms with Gasteiger partial charge in [-0.15, -0.1) is 0 Å². The number of rotatable bonds is 47. The van der Waals surface area contributed by atoms with E-state index in [1.54, 1.807) is 6.08 Å². The van der Waals surface area contributed by atoms with E-state index < -0.39 is 67.4 Å². The maximum absolute atomic E-state index is 13.3. The number of aliphatic hydroxyl groups excluding tert-OH is 5. The van der Waals surface area contributed by atoms with Crippen molar-refractivity contribution in [1.29, 1.82) is 0 Å². The lowest BCUT2D eigenvalue weighted by atomic mass is 9.99. The lowest BCUT2D eigenvalue weighted by molar-refractivity contribution is -0.305. The van der Waals surface area contributed by atoms with Gasteiger partial charge in [0, 0.05) is 6.42 Å². The van der Waals surface area contributed by atoms with Crippen molar-refractivity contribution in [3.8, 4) is 0 Å². The molecule has 11 nitrogen and oxygen atoms in total. The normalized spacial score (nSPS) is 20.1. The van der Waals surface area contributed by atoms with E-state index in [9.17, 15) is 35.1 Å². The number of allylic oxidation sites excluding steroid dienone is 13. The minimum Gasteiger partial charge on any atom is -0.454 e. The molecule has 1 amide bonds. The first-order valence-corrected chi connectivity index (χ1v) is 28.9. The predicted octanol–water partition coefficient (Wildman–Crippen LogP) is 13.0. The van der Waals surface area contributed by atoms with Gasteiger partial charge in [-0.2, -0.15) is 0 Å². The standard InChI is InChI=1S/C61H105NO10/c1-4-7-10-13-16-19-22-24-25-26-27-28-29-30-31-32-34-37-40-43-46-49-56(66)72-59-58(68)57(67)55(50-63)71-61(59)70-51-52(53(64)47-44-41-38-36-33-23-20-17-14-11-8-5-2)62-60(69)54(65)48-45-42-39-35-21-18-15-12-9-6-3/h7,10,16,19,24-25,27-28,30-31,34,37,44,47,52-55,57-59,61,63-65,67-68H,4-6,8-9,11-15,17-18,20-23,26,29,32-33,35-36,38-43,45-46,48-51H2,1-3H3,(H,62,69)/b10-7-,19-16-,25-24-,28-27-,31-30-,37-34-,47-44+. The lowest BCUT2D eigenvalue weighted by Gasteiger charge is -2.41. The molecule has 1 aliphatic rings. The highest BCUT2D eigenvalue weighted by Gasteiger charge is 2.47. The summed E-state index contributed by atoms with van der Waals surface area (Å²) in [7, 11) is 0. The highest BCUT2D eigenvalue weighted by molar-refractivity contribution is 5.80. The molecule has 0 bridgehead atoms. The third-order valence-electron chi connectivity index (χ3n) is 13.1.